The Labute approximate surface area is 163 Å². The topological polar surface area (TPSA) is 0 Å². The molecule has 0 fully saturated rings. The van der Waals surface area contributed by atoms with Crippen LogP contribution in [-0.2, 0) is 17.0 Å². The third-order valence-corrected chi connectivity index (χ3v) is 5.99. The number of hydrogen-bond donors (Lipinski definition) is 0. The average molecular weight is 405 g/mol. The van der Waals surface area contributed by atoms with Gasteiger partial charge in [-0.05, 0) is 34.1 Å². The number of halogens is 2. The van der Waals surface area contributed by atoms with Crippen LogP contribution in [0.25, 0.3) is 12.2 Å². The molecule has 2 atom stereocenters. The first-order valence-electron chi connectivity index (χ1n) is 8.04. The van der Waals surface area contributed by atoms with Crippen LogP contribution in [0.1, 0.15) is 34.1 Å². The van der Waals surface area contributed by atoms with Gasteiger partial charge in [-0.2, -0.15) is 0 Å². The fourth-order valence-electron chi connectivity index (χ4n) is 3.40. The van der Waals surface area contributed by atoms with Gasteiger partial charge in [-0.25, -0.2) is 0 Å². The molecule has 0 heterocycles. The van der Waals surface area contributed by atoms with E-state index in [1.807, 2.05) is 0 Å². The van der Waals surface area contributed by atoms with E-state index in [1.54, 1.807) is 0 Å². The predicted octanol–water partition coefficient (Wildman–Crippen LogP) is 6.52. The average Bonchev–Trinajstić information content (AvgIpc) is 3.21. The first-order chi connectivity index (χ1) is 11.8. The summed E-state index contributed by atoms with van der Waals surface area (Å²) in [6.07, 6.45) is 9.34. The molecule has 0 saturated carbocycles. The van der Waals surface area contributed by atoms with Crippen molar-refractivity contribution in [3.63, 3.8) is 0 Å². The van der Waals surface area contributed by atoms with Crippen LogP contribution in [0.15, 0.2) is 60.7 Å². The molecule has 2 aromatic rings. The Hall–Kier alpha value is -0.569. The van der Waals surface area contributed by atoms with Crippen molar-refractivity contribution in [1.82, 2.24) is 0 Å². The van der Waals surface area contributed by atoms with E-state index in [4.69, 9.17) is 18.6 Å². The van der Waals surface area contributed by atoms with Gasteiger partial charge in [-0.3, -0.25) is 0 Å². The second kappa shape index (κ2) is 9.22. The summed E-state index contributed by atoms with van der Waals surface area (Å²) in [6, 6.07) is 20.2. The van der Waals surface area contributed by atoms with E-state index in [9.17, 15) is 0 Å². The van der Waals surface area contributed by atoms with Gasteiger partial charge in [0.15, 0.2) is 0 Å². The third-order valence-electron chi connectivity index (χ3n) is 4.54. The molecule has 4 heteroatoms. The molecule has 24 heavy (non-hydrogen) atoms. The van der Waals surface area contributed by atoms with Gasteiger partial charge in [-0.15, -0.1) is 0 Å². The maximum atomic E-state index is 4.89. The second-order valence-corrected chi connectivity index (χ2v) is 9.81. The normalized spacial score (nSPS) is 19.4. The van der Waals surface area contributed by atoms with Crippen LogP contribution in [0.3, 0.4) is 0 Å². The molecule has 0 spiro atoms. The third kappa shape index (κ3) is 4.33. The second-order valence-electron chi connectivity index (χ2n) is 5.92. The number of hydrogen-bond acceptors (Lipinski definition) is 0. The van der Waals surface area contributed by atoms with Gasteiger partial charge >= 0.3 is 35.6 Å². The van der Waals surface area contributed by atoms with E-state index < -0.39 is 17.0 Å². The van der Waals surface area contributed by atoms with E-state index >= 15 is 0 Å². The fourth-order valence-corrected chi connectivity index (χ4v) is 4.90. The molecule has 4 rings (SSSR count). The first-order valence-corrected chi connectivity index (χ1v) is 13.8. The monoisotopic (exact) mass is 404 g/mol. The van der Waals surface area contributed by atoms with Gasteiger partial charge in [0.05, 0.1) is 0 Å². The zero-order valence-electron chi connectivity index (χ0n) is 13.3. The molecule has 0 saturated heterocycles. The van der Waals surface area contributed by atoms with Gasteiger partial charge in [-0.1, -0.05) is 84.9 Å². The first kappa shape index (κ1) is 18.2. The van der Waals surface area contributed by atoms with Crippen LogP contribution in [0.5, 0.6) is 0 Å². The van der Waals surface area contributed by atoms with Crippen molar-refractivity contribution in [3.05, 3.63) is 82.9 Å². The molecule has 2 aliphatic rings. The van der Waals surface area contributed by atoms with E-state index in [2.05, 4.69) is 72.8 Å². The Morgan fingerprint density at radius 1 is 0.750 bits per heavy atom. The number of benzene rings is 2. The fraction of sp³-hybridized carbons (Fsp3) is 0.200. The van der Waals surface area contributed by atoms with Gasteiger partial charge in [0, 0.05) is 9.52 Å². The summed E-state index contributed by atoms with van der Waals surface area (Å²) in [6.45, 7) is 0. The SMILES string of the molecule is C1=CC(C[Si]CC2C=Cc3ccccc32)c2ccccc21.[Cl][Ti][Cl]. The Balaban J connectivity index is 0.000000526. The summed E-state index contributed by atoms with van der Waals surface area (Å²) in [5.41, 5.74) is 5.87. The summed E-state index contributed by atoms with van der Waals surface area (Å²) in [5.74, 6) is 1.28. The molecule has 0 N–H and O–H groups in total. The molecule has 120 valence electrons. The van der Waals surface area contributed by atoms with Crippen molar-refractivity contribution in [2.45, 2.75) is 23.9 Å². The van der Waals surface area contributed by atoms with Crippen molar-refractivity contribution in [3.8, 4) is 0 Å². The zero-order valence-corrected chi connectivity index (χ0v) is 17.3. The summed E-state index contributed by atoms with van der Waals surface area (Å²) in [7, 11) is 10.8. The van der Waals surface area contributed by atoms with Gasteiger partial charge < -0.3 is 0 Å². The minimum atomic E-state index is -0.556. The Morgan fingerprint density at radius 2 is 1.17 bits per heavy atom. The van der Waals surface area contributed by atoms with Crippen molar-refractivity contribution in [1.29, 1.82) is 0 Å². The summed E-state index contributed by atoms with van der Waals surface area (Å²) in [5, 5.41) is 0. The molecule has 0 aliphatic heterocycles. The quantitative estimate of drug-likeness (QED) is 0.508. The van der Waals surface area contributed by atoms with Gasteiger partial charge in [0.25, 0.3) is 0 Å². The summed E-state index contributed by atoms with van der Waals surface area (Å²) < 4.78 is 0. The van der Waals surface area contributed by atoms with Crippen LogP contribution in [0.4, 0.5) is 0 Å². The van der Waals surface area contributed by atoms with Crippen molar-refractivity contribution >= 4 is 40.3 Å². The molecule has 2 aromatic carbocycles. The van der Waals surface area contributed by atoms with E-state index in [1.165, 1.54) is 34.3 Å². The van der Waals surface area contributed by atoms with Crippen LogP contribution in [-0.4, -0.2) is 9.52 Å². The molecule has 0 aromatic heterocycles. The summed E-state index contributed by atoms with van der Waals surface area (Å²) in [4.78, 5) is 0. The molecule has 2 radical (unpaired) electrons. The minimum absolute atomic E-state index is 0.556. The van der Waals surface area contributed by atoms with Crippen molar-refractivity contribution in [2.75, 3.05) is 0 Å². The van der Waals surface area contributed by atoms with E-state index in [0.29, 0.717) is 11.8 Å². The molecule has 2 unspecified atom stereocenters. The van der Waals surface area contributed by atoms with Crippen LogP contribution < -0.4 is 0 Å². The van der Waals surface area contributed by atoms with E-state index in [0.717, 1.165) is 9.52 Å². The number of fused-ring (bicyclic) bond motifs is 2. The van der Waals surface area contributed by atoms with E-state index in [-0.39, 0.29) is 0 Å². The van der Waals surface area contributed by atoms with Crippen LogP contribution >= 0.6 is 18.6 Å². The van der Waals surface area contributed by atoms with Crippen molar-refractivity contribution in [2.24, 2.45) is 0 Å². The molecule has 0 bridgehead atoms. The Morgan fingerprint density at radius 3 is 1.62 bits per heavy atom. The van der Waals surface area contributed by atoms with Gasteiger partial charge in [0.1, 0.15) is 0 Å². The molecular weight excluding hydrogens is 387 g/mol. The Kier molecular flexibility index (Phi) is 7.00. The number of allylic oxidation sites excluding steroid dienone is 2. The Bertz CT molecular complexity index is 680. The van der Waals surface area contributed by atoms with Gasteiger partial charge in [0.2, 0.25) is 0 Å². The zero-order chi connectivity index (χ0) is 16.8. The summed E-state index contributed by atoms with van der Waals surface area (Å²) >= 11 is -0.556. The molecule has 0 nitrogen and oxygen atoms in total. The number of rotatable bonds is 4. The van der Waals surface area contributed by atoms with Crippen molar-refractivity contribution < 1.29 is 17.0 Å². The van der Waals surface area contributed by atoms with Crippen LogP contribution in [0.2, 0.25) is 12.1 Å². The molecule has 2 aliphatic carbocycles. The molecule has 0 amide bonds. The van der Waals surface area contributed by atoms with Crippen LogP contribution in [0, 0.1) is 0 Å². The molecular formula is C20H18Cl2SiTi. The standard InChI is InChI=1S/C20H18Si.2ClH.Ti/c1-3-7-19-15(5-1)9-11-17(19)13-21-14-18-12-10-16-6-2-4-8-20(16)18;;;/h1-12,17-18H,13-14H2;2*1H;/q;;;+2/p-2. The predicted molar refractivity (Wildman–Crippen MR) is 104 cm³/mol. The maximum absolute atomic E-state index is 4.89.